The lowest BCUT2D eigenvalue weighted by Crippen LogP contribution is -2.47. The number of carbonyl (C=O) groups is 1. The van der Waals surface area contributed by atoms with Crippen LogP contribution < -0.4 is 5.32 Å². The van der Waals surface area contributed by atoms with Crippen LogP contribution in [0.15, 0.2) is 4.42 Å². The summed E-state index contributed by atoms with van der Waals surface area (Å²) in [5.74, 6) is 1.16. The number of aryl methyl sites for hydroxylation is 2. The number of aliphatic hydroxyl groups is 1. The molecule has 1 heterocycles. The average Bonchev–Trinajstić information content (AvgIpc) is 2.48. The van der Waals surface area contributed by atoms with Gasteiger partial charge in [0.1, 0.15) is 11.5 Å². The second kappa shape index (κ2) is 5.75. The van der Waals surface area contributed by atoms with Gasteiger partial charge in [-0.05, 0) is 41.8 Å². The Morgan fingerprint density at radius 3 is 2.32 bits per heavy atom. The van der Waals surface area contributed by atoms with Crippen molar-refractivity contribution in [2.75, 3.05) is 27.2 Å². The lowest BCUT2D eigenvalue weighted by atomic mass is 10.1. The quantitative estimate of drug-likeness (QED) is 0.843. The predicted molar refractivity (Wildman–Crippen MR) is 74.4 cm³/mol. The smallest absolute Gasteiger partial charge is 0.255 e. The summed E-state index contributed by atoms with van der Waals surface area (Å²) >= 11 is 0. The zero-order valence-corrected chi connectivity index (χ0v) is 12.6. The molecule has 0 saturated carbocycles. The highest BCUT2D eigenvalue weighted by Gasteiger charge is 2.24. The first-order valence-corrected chi connectivity index (χ1v) is 6.36. The molecule has 1 aromatic heterocycles. The molecule has 0 fully saturated rings. The van der Waals surface area contributed by atoms with Gasteiger partial charge in [0, 0.05) is 18.7 Å². The molecule has 5 nitrogen and oxygen atoms in total. The first kappa shape index (κ1) is 15.7. The molecule has 1 unspecified atom stereocenters. The fourth-order valence-corrected chi connectivity index (χ4v) is 2.22. The molecule has 0 bridgehead atoms. The average molecular weight is 268 g/mol. The Morgan fingerprint density at radius 2 is 1.89 bits per heavy atom. The van der Waals surface area contributed by atoms with Gasteiger partial charge in [0.2, 0.25) is 0 Å². The van der Waals surface area contributed by atoms with Crippen molar-refractivity contribution in [2.45, 2.75) is 33.3 Å². The molecular formula is C14H24N2O3. The standard InChI is InChI=1S/C14H24N2O3/c1-9-10(2)19-11(3)12(9)13(17)15-7-14(4,18)8-16(5)6/h18H,7-8H2,1-6H3,(H,15,17). The second-order valence-electron chi connectivity index (χ2n) is 5.63. The van der Waals surface area contributed by atoms with Gasteiger partial charge >= 0.3 is 0 Å². The van der Waals surface area contributed by atoms with E-state index in [0.29, 0.717) is 17.9 Å². The lowest BCUT2D eigenvalue weighted by Gasteiger charge is -2.27. The molecule has 1 rings (SSSR count). The molecule has 1 amide bonds. The molecule has 0 aromatic carbocycles. The molecule has 108 valence electrons. The van der Waals surface area contributed by atoms with Crippen LogP contribution in [0, 0.1) is 20.8 Å². The number of likely N-dealkylation sites (N-methyl/N-ethyl adjacent to an activating group) is 1. The monoisotopic (exact) mass is 268 g/mol. The molecule has 1 atom stereocenters. The van der Waals surface area contributed by atoms with Crippen molar-refractivity contribution in [2.24, 2.45) is 0 Å². The summed E-state index contributed by atoms with van der Waals surface area (Å²) in [6.07, 6.45) is 0. The Bertz CT molecular complexity index is 462. The van der Waals surface area contributed by atoms with Crippen molar-refractivity contribution in [1.82, 2.24) is 10.2 Å². The Hall–Kier alpha value is -1.33. The highest BCUT2D eigenvalue weighted by atomic mass is 16.3. The Morgan fingerprint density at radius 1 is 1.32 bits per heavy atom. The number of hydrogen-bond donors (Lipinski definition) is 2. The predicted octanol–water partition coefficient (Wildman–Crippen LogP) is 1.25. The summed E-state index contributed by atoms with van der Waals surface area (Å²) in [7, 11) is 3.76. The van der Waals surface area contributed by atoms with Gasteiger partial charge in [0.15, 0.2) is 0 Å². The molecule has 19 heavy (non-hydrogen) atoms. The van der Waals surface area contributed by atoms with Gasteiger partial charge in [-0.2, -0.15) is 0 Å². The topological polar surface area (TPSA) is 65.7 Å². The fourth-order valence-electron chi connectivity index (χ4n) is 2.22. The van der Waals surface area contributed by atoms with E-state index in [-0.39, 0.29) is 12.5 Å². The van der Waals surface area contributed by atoms with Gasteiger partial charge in [-0.15, -0.1) is 0 Å². The summed E-state index contributed by atoms with van der Waals surface area (Å²) < 4.78 is 5.43. The Balaban J connectivity index is 2.71. The van der Waals surface area contributed by atoms with Gasteiger partial charge in [0.05, 0.1) is 11.2 Å². The van der Waals surface area contributed by atoms with E-state index in [2.05, 4.69) is 5.32 Å². The maximum Gasteiger partial charge on any atom is 0.255 e. The van der Waals surface area contributed by atoms with Crippen LogP contribution in [-0.2, 0) is 0 Å². The zero-order valence-electron chi connectivity index (χ0n) is 12.6. The molecule has 1 aromatic rings. The van der Waals surface area contributed by atoms with Crippen molar-refractivity contribution in [3.63, 3.8) is 0 Å². The van der Waals surface area contributed by atoms with Crippen LogP contribution in [0.2, 0.25) is 0 Å². The molecule has 0 saturated heterocycles. The van der Waals surface area contributed by atoms with E-state index in [1.165, 1.54) is 0 Å². The summed E-state index contributed by atoms with van der Waals surface area (Å²) in [6.45, 7) is 7.85. The molecule has 0 aliphatic carbocycles. The number of carbonyl (C=O) groups excluding carboxylic acids is 1. The van der Waals surface area contributed by atoms with Crippen LogP contribution in [-0.4, -0.2) is 48.7 Å². The van der Waals surface area contributed by atoms with E-state index in [1.54, 1.807) is 13.8 Å². The van der Waals surface area contributed by atoms with Crippen LogP contribution in [0.5, 0.6) is 0 Å². The van der Waals surface area contributed by atoms with Crippen LogP contribution >= 0.6 is 0 Å². The lowest BCUT2D eigenvalue weighted by molar-refractivity contribution is 0.0325. The van der Waals surface area contributed by atoms with Crippen molar-refractivity contribution < 1.29 is 14.3 Å². The third kappa shape index (κ3) is 4.08. The number of furan rings is 1. The molecular weight excluding hydrogens is 244 g/mol. The third-order valence-corrected chi connectivity index (χ3v) is 3.08. The van der Waals surface area contributed by atoms with Crippen molar-refractivity contribution in [3.8, 4) is 0 Å². The SMILES string of the molecule is Cc1oc(C)c(C(=O)NCC(C)(O)CN(C)C)c1C. The first-order valence-electron chi connectivity index (χ1n) is 6.36. The summed E-state index contributed by atoms with van der Waals surface area (Å²) in [4.78, 5) is 14.0. The number of nitrogens with one attached hydrogen (secondary N) is 1. The summed E-state index contributed by atoms with van der Waals surface area (Å²) in [5.41, 5.74) is 0.458. The van der Waals surface area contributed by atoms with E-state index in [9.17, 15) is 9.90 Å². The summed E-state index contributed by atoms with van der Waals surface area (Å²) in [5, 5.41) is 12.9. The molecule has 2 N–H and O–H groups in total. The second-order valence-corrected chi connectivity index (χ2v) is 5.63. The Labute approximate surface area is 114 Å². The number of amides is 1. The normalized spacial score (nSPS) is 14.5. The minimum atomic E-state index is -0.959. The van der Waals surface area contributed by atoms with Crippen LogP contribution in [0.1, 0.15) is 34.4 Å². The van der Waals surface area contributed by atoms with E-state index in [1.807, 2.05) is 32.8 Å². The minimum absolute atomic E-state index is 0.202. The molecule has 5 heteroatoms. The molecule has 0 spiro atoms. The largest absolute Gasteiger partial charge is 0.466 e. The van der Waals surface area contributed by atoms with Gasteiger partial charge in [-0.1, -0.05) is 0 Å². The van der Waals surface area contributed by atoms with Gasteiger partial charge in [-0.3, -0.25) is 4.79 Å². The Kier molecular flexibility index (Phi) is 4.76. The van der Waals surface area contributed by atoms with E-state index in [4.69, 9.17) is 4.42 Å². The van der Waals surface area contributed by atoms with Gasteiger partial charge in [0.25, 0.3) is 5.91 Å². The zero-order chi connectivity index (χ0) is 14.8. The number of nitrogens with zero attached hydrogens (tertiary/aromatic N) is 1. The maximum absolute atomic E-state index is 12.1. The van der Waals surface area contributed by atoms with Gasteiger partial charge < -0.3 is 19.7 Å². The van der Waals surface area contributed by atoms with Crippen LogP contribution in [0.3, 0.4) is 0 Å². The first-order chi connectivity index (χ1) is 8.64. The van der Waals surface area contributed by atoms with Crippen molar-refractivity contribution in [3.05, 3.63) is 22.6 Å². The van der Waals surface area contributed by atoms with Gasteiger partial charge in [-0.25, -0.2) is 0 Å². The summed E-state index contributed by atoms with van der Waals surface area (Å²) in [6, 6.07) is 0. The van der Waals surface area contributed by atoms with E-state index < -0.39 is 5.60 Å². The fraction of sp³-hybridized carbons (Fsp3) is 0.643. The third-order valence-electron chi connectivity index (χ3n) is 3.08. The van der Waals surface area contributed by atoms with E-state index >= 15 is 0 Å². The van der Waals surface area contributed by atoms with Crippen LogP contribution in [0.25, 0.3) is 0 Å². The number of hydrogen-bond acceptors (Lipinski definition) is 4. The highest BCUT2D eigenvalue weighted by molar-refractivity contribution is 5.96. The number of rotatable bonds is 5. The molecule has 0 aliphatic heterocycles. The van der Waals surface area contributed by atoms with Crippen molar-refractivity contribution in [1.29, 1.82) is 0 Å². The molecule has 0 radical (unpaired) electrons. The minimum Gasteiger partial charge on any atom is -0.466 e. The van der Waals surface area contributed by atoms with Crippen molar-refractivity contribution >= 4 is 5.91 Å². The molecule has 0 aliphatic rings. The maximum atomic E-state index is 12.1. The van der Waals surface area contributed by atoms with Crippen LogP contribution in [0.4, 0.5) is 0 Å². The highest BCUT2D eigenvalue weighted by Crippen LogP contribution is 2.20. The van der Waals surface area contributed by atoms with E-state index in [0.717, 1.165) is 11.3 Å².